The molecule has 5 rings (SSSR count). The van der Waals surface area contributed by atoms with Crippen molar-refractivity contribution in [2.75, 3.05) is 42.5 Å². The first-order valence-corrected chi connectivity index (χ1v) is 15.0. The highest BCUT2D eigenvalue weighted by atomic mass is 32.2. The second-order valence-electron chi connectivity index (χ2n) is 10.7. The Kier molecular flexibility index (Phi) is 7.79. The molecular formula is C27H33F2N5O5S. The molecule has 216 valence electrons. The quantitative estimate of drug-likeness (QED) is 0.531. The van der Waals surface area contributed by atoms with Crippen LogP contribution >= 0.6 is 0 Å². The van der Waals surface area contributed by atoms with E-state index in [2.05, 4.69) is 9.97 Å². The first-order valence-electron chi connectivity index (χ1n) is 13.6. The van der Waals surface area contributed by atoms with Crippen molar-refractivity contribution in [3.63, 3.8) is 0 Å². The Hall–Kier alpha value is -3.19. The number of alkyl halides is 2. The molecule has 1 aliphatic carbocycles. The molecule has 0 atom stereocenters. The van der Waals surface area contributed by atoms with Crippen molar-refractivity contribution >= 4 is 33.5 Å². The zero-order valence-corrected chi connectivity index (χ0v) is 23.1. The first-order chi connectivity index (χ1) is 19.0. The lowest BCUT2D eigenvalue weighted by Crippen LogP contribution is -2.49. The number of carbonyl (C=O) groups excluding carboxylic acids is 1. The van der Waals surface area contributed by atoms with Crippen LogP contribution in [0, 0.1) is 18.8 Å². The molecule has 0 unspecified atom stereocenters. The molecule has 40 heavy (non-hydrogen) atoms. The lowest BCUT2D eigenvalue weighted by Gasteiger charge is -2.35. The number of hydrogen-bond acceptors (Lipinski definition) is 7. The molecule has 0 bridgehead atoms. The number of halogens is 2. The highest BCUT2D eigenvalue weighted by Crippen LogP contribution is 2.44. The van der Waals surface area contributed by atoms with E-state index in [1.807, 2.05) is 0 Å². The highest BCUT2D eigenvalue weighted by molar-refractivity contribution is 7.89. The standard InChI is InChI=1S/C27H33F2N5O5S/c1-18-17-23(27(28,29)20-6-4-19(5-7-20)25(36)37)31-26(30-18)32-13-15-33(16-14-32)40(38,39)22-10-8-21(9-11-22)34-12-2-3-24(34)35/h8-11,17,19-20H,2-7,12-16H2,1H3,(H,36,37). The molecule has 3 fully saturated rings. The number of carboxylic acid groups (broad SMARTS) is 1. The Balaban J connectivity index is 1.25. The zero-order valence-electron chi connectivity index (χ0n) is 22.3. The molecule has 2 saturated heterocycles. The van der Waals surface area contributed by atoms with E-state index in [0.717, 1.165) is 6.42 Å². The van der Waals surface area contributed by atoms with Crippen molar-refractivity contribution in [1.82, 2.24) is 14.3 Å². The van der Waals surface area contributed by atoms with Crippen LogP contribution in [0.25, 0.3) is 0 Å². The van der Waals surface area contributed by atoms with Gasteiger partial charge in [-0.3, -0.25) is 9.59 Å². The fourth-order valence-electron chi connectivity index (χ4n) is 5.77. The van der Waals surface area contributed by atoms with E-state index in [0.29, 0.717) is 24.3 Å². The SMILES string of the molecule is Cc1cc(C(F)(F)C2CCC(C(=O)O)CC2)nc(N2CCN(S(=O)(=O)c3ccc(N4CCCC4=O)cc3)CC2)n1. The number of aliphatic carboxylic acids is 1. The van der Waals surface area contributed by atoms with Crippen LogP contribution < -0.4 is 9.80 Å². The van der Waals surface area contributed by atoms with Gasteiger partial charge in [-0.25, -0.2) is 18.4 Å². The van der Waals surface area contributed by atoms with Crippen LogP contribution in [0.4, 0.5) is 20.4 Å². The van der Waals surface area contributed by atoms with E-state index in [4.69, 9.17) is 0 Å². The Morgan fingerprint density at radius 2 is 1.65 bits per heavy atom. The average molecular weight is 578 g/mol. The van der Waals surface area contributed by atoms with Crippen LogP contribution in [0.3, 0.4) is 0 Å². The third-order valence-corrected chi connectivity index (χ3v) is 10.1. The summed E-state index contributed by atoms with van der Waals surface area (Å²) in [7, 11) is -3.79. The summed E-state index contributed by atoms with van der Waals surface area (Å²) in [5, 5.41) is 9.19. The number of piperazine rings is 1. The Labute approximate surface area is 232 Å². The predicted octanol–water partition coefficient (Wildman–Crippen LogP) is 3.41. The molecule has 2 aliphatic heterocycles. The average Bonchev–Trinajstić information content (AvgIpc) is 3.38. The van der Waals surface area contributed by atoms with E-state index in [1.54, 1.807) is 28.9 Å². The number of benzene rings is 1. The zero-order chi connectivity index (χ0) is 28.7. The maximum atomic E-state index is 15.5. The van der Waals surface area contributed by atoms with Gasteiger partial charge in [-0.05, 0) is 69.4 Å². The van der Waals surface area contributed by atoms with Gasteiger partial charge >= 0.3 is 5.97 Å². The minimum absolute atomic E-state index is 0.0246. The number of aryl methyl sites for hydroxylation is 1. The number of hydrogen-bond donors (Lipinski definition) is 1. The van der Waals surface area contributed by atoms with Crippen LogP contribution in [0.1, 0.15) is 49.9 Å². The van der Waals surface area contributed by atoms with Crippen LogP contribution in [0.2, 0.25) is 0 Å². The topological polar surface area (TPSA) is 124 Å². The van der Waals surface area contributed by atoms with Gasteiger partial charge in [0.15, 0.2) is 0 Å². The smallest absolute Gasteiger partial charge is 0.306 e. The lowest BCUT2D eigenvalue weighted by atomic mass is 9.78. The Morgan fingerprint density at radius 1 is 1.00 bits per heavy atom. The van der Waals surface area contributed by atoms with Crippen LogP contribution in [0.5, 0.6) is 0 Å². The molecule has 13 heteroatoms. The van der Waals surface area contributed by atoms with Crippen LogP contribution in [-0.4, -0.2) is 72.4 Å². The number of sulfonamides is 1. The summed E-state index contributed by atoms with van der Waals surface area (Å²) >= 11 is 0. The second-order valence-corrected chi connectivity index (χ2v) is 12.7. The van der Waals surface area contributed by atoms with Crippen molar-refractivity contribution in [3.05, 3.63) is 41.7 Å². The molecule has 0 radical (unpaired) electrons. The van der Waals surface area contributed by atoms with Gasteiger partial charge < -0.3 is 14.9 Å². The van der Waals surface area contributed by atoms with Gasteiger partial charge in [0.05, 0.1) is 10.8 Å². The van der Waals surface area contributed by atoms with Crippen molar-refractivity contribution in [2.24, 2.45) is 11.8 Å². The van der Waals surface area contributed by atoms with Gasteiger partial charge in [-0.2, -0.15) is 13.1 Å². The van der Waals surface area contributed by atoms with E-state index in [9.17, 15) is 23.1 Å². The van der Waals surface area contributed by atoms with Gasteiger partial charge in [0, 0.05) is 56.4 Å². The van der Waals surface area contributed by atoms with Gasteiger partial charge in [0.2, 0.25) is 21.9 Å². The minimum Gasteiger partial charge on any atom is -0.481 e. The summed E-state index contributed by atoms with van der Waals surface area (Å²) in [4.78, 5) is 35.2. The largest absolute Gasteiger partial charge is 0.481 e. The molecular weight excluding hydrogens is 544 g/mol. The Morgan fingerprint density at radius 3 is 2.23 bits per heavy atom. The monoisotopic (exact) mass is 577 g/mol. The highest BCUT2D eigenvalue weighted by Gasteiger charge is 2.45. The number of amides is 1. The fraction of sp³-hybridized carbons (Fsp3) is 0.556. The van der Waals surface area contributed by atoms with Crippen molar-refractivity contribution in [1.29, 1.82) is 0 Å². The molecule has 1 saturated carbocycles. The molecule has 3 aliphatic rings. The third-order valence-electron chi connectivity index (χ3n) is 8.15. The number of aromatic nitrogens is 2. The molecule has 1 aromatic carbocycles. The molecule has 10 nitrogen and oxygen atoms in total. The maximum Gasteiger partial charge on any atom is 0.306 e. The van der Waals surface area contributed by atoms with E-state index in [-0.39, 0.29) is 74.3 Å². The summed E-state index contributed by atoms with van der Waals surface area (Å²) in [6, 6.07) is 7.56. The van der Waals surface area contributed by atoms with Gasteiger partial charge in [0.1, 0.15) is 5.69 Å². The van der Waals surface area contributed by atoms with Crippen molar-refractivity contribution < 1.29 is 31.9 Å². The molecule has 1 amide bonds. The maximum absolute atomic E-state index is 15.5. The molecule has 3 heterocycles. The number of rotatable bonds is 7. The number of carbonyl (C=O) groups is 2. The summed E-state index contributed by atoms with van der Waals surface area (Å²) in [5.74, 6) is -5.61. The second kappa shape index (κ2) is 11.0. The predicted molar refractivity (Wildman–Crippen MR) is 143 cm³/mol. The van der Waals surface area contributed by atoms with Crippen molar-refractivity contribution in [2.45, 2.75) is 56.3 Å². The molecule has 1 N–H and O–H groups in total. The minimum atomic E-state index is -3.79. The number of nitrogens with zero attached hydrogens (tertiary/aromatic N) is 5. The summed E-state index contributed by atoms with van der Waals surface area (Å²) in [6.45, 7) is 2.98. The van der Waals surface area contributed by atoms with Gasteiger partial charge in [0.25, 0.3) is 5.92 Å². The fourth-order valence-corrected chi connectivity index (χ4v) is 7.20. The van der Waals surface area contributed by atoms with Crippen LogP contribution in [0.15, 0.2) is 35.2 Å². The number of anilines is 2. The third kappa shape index (κ3) is 5.53. The summed E-state index contributed by atoms with van der Waals surface area (Å²) in [5.41, 5.74) is 0.663. The Bertz CT molecular complexity index is 1370. The lowest BCUT2D eigenvalue weighted by molar-refractivity contribution is -0.145. The van der Waals surface area contributed by atoms with E-state index < -0.39 is 33.8 Å². The normalized spacial score (nSPS) is 23.0. The summed E-state index contributed by atoms with van der Waals surface area (Å²) < 4.78 is 58.9. The van der Waals surface area contributed by atoms with Crippen molar-refractivity contribution in [3.8, 4) is 0 Å². The first kappa shape index (κ1) is 28.3. The molecule has 2 aromatic rings. The van der Waals surface area contributed by atoms with Crippen LogP contribution in [-0.2, 0) is 25.5 Å². The van der Waals surface area contributed by atoms with Gasteiger partial charge in [-0.15, -0.1) is 0 Å². The van der Waals surface area contributed by atoms with Gasteiger partial charge in [-0.1, -0.05) is 0 Å². The molecule has 1 aromatic heterocycles. The summed E-state index contributed by atoms with van der Waals surface area (Å²) in [6.07, 6.45) is 1.90. The molecule has 0 spiro atoms. The van der Waals surface area contributed by atoms with E-state index in [1.165, 1.54) is 22.5 Å². The van der Waals surface area contributed by atoms with E-state index >= 15 is 8.78 Å². The number of carboxylic acids is 1.